The normalized spacial score (nSPS) is 19.3. The fourth-order valence-corrected chi connectivity index (χ4v) is 3.02. The van der Waals surface area contributed by atoms with Crippen molar-refractivity contribution in [2.24, 2.45) is 11.3 Å². The number of piperidine rings is 1. The number of benzene rings is 1. The van der Waals surface area contributed by atoms with Gasteiger partial charge in [-0.15, -0.1) is 0 Å². The molecule has 0 aliphatic carbocycles. The molecule has 4 heteroatoms. The van der Waals surface area contributed by atoms with E-state index in [2.05, 4.69) is 30.5 Å². The van der Waals surface area contributed by atoms with Crippen LogP contribution in [0.3, 0.4) is 0 Å². The highest BCUT2D eigenvalue weighted by Crippen LogP contribution is 2.23. The minimum atomic E-state index is 0.0163. The standard InChI is InChI=1S/C17H25ClN2O/c1-17(2,10-13-5-3-7-15(18)9-13)12-20-16(21)14-6-4-8-19-11-14/h3,5,7,9,14,19H,4,6,8,10-12H2,1-2H3,(H,20,21). The van der Waals surface area contributed by atoms with E-state index in [-0.39, 0.29) is 17.2 Å². The quantitative estimate of drug-likeness (QED) is 0.878. The van der Waals surface area contributed by atoms with Crippen molar-refractivity contribution in [1.82, 2.24) is 10.6 Å². The highest BCUT2D eigenvalue weighted by Gasteiger charge is 2.24. The number of halogens is 1. The Morgan fingerprint density at radius 1 is 1.48 bits per heavy atom. The molecule has 0 bridgehead atoms. The maximum absolute atomic E-state index is 12.2. The van der Waals surface area contributed by atoms with Gasteiger partial charge in [0.2, 0.25) is 5.91 Å². The number of carbonyl (C=O) groups is 1. The van der Waals surface area contributed by atoms with Crippen molar-refractivity contribution in [1.29, 1.82) is 0 Å². The predicted molar refractivity (Wildman–Crippen MR) is 87.5 cm³/mol. The summed E-state index contributed by atoms with van der Waals surface area (Å²) in [5.41, 5.74) is 1.23. The third kappa shape index (κ3) is 5.33. The molecule has 1 atom stereocenters. The van der Waals surface area contributed by atoms with Crippen LogP contribution in [-0.4, -0.2) is 25.5 Å². The van der Waals surface area contributed by atoms with E-state index in [4.69, 9.17) is 11.6 Å². The summed E-state index contributed by atoms with van der Waals surface area (Å²) >= 11 is 6.03. The Hall–Kier alpha value is -1.06. The molecular formula is C17H25ClN2O. The molecule has 1 saturated heterocycles. The molecule has 1 fully saturated rings. The SMILES string of the molecule is CC(C)(CNC(=O)C1CCCNC1)Cc1cccc(Cl)c1. The molecule has 0 spiro atoms. The van der Waals surface area contributed by atoms with Crippen LogP contribution in [-0.2, 0) is 11.2 Å². The van der Waals surface area contributed by atoms with Gasteiger partial charge in [-0.3, -0.25) is 4.79 Å². The van der Waals surface area contributed by atoms with Gasteiger partial charge in [0.15, 0.2) is 0 Å². The maximum Gasteiger partial charge on any atom is 0.224 e. The number of carbonyl (C=O) groups excluding carboxylic acids is 1. The van der Waals surface area contributed by atoms with Crippen LogP contribution in [0.15, 0.2) is 24.3 Å². The minimum Gasteiger partial charge on any atom is -0.355 e. The third-order valence-electron chi connectivity index (χ3n) is 3.98. The van der Waals surface area contributed by atoms with Gasteiger partial charge in [-0.2, -0.15) is 0 Å². The smallest absolute Gasteiger partial charge is 0.224 e. The molecule has 0 saturated carbocycles. The van der Waals surface area contributed by atoms with Crippen molar-refractivity contribution in [3.05, 3.63) is 34.9 Å². The van der Waals surface area contributed by atoms with Gasteiger partial charge >= 0.3 is 0 Å². The summed E-state index contributed by atoms with van der Waals surface area (Å²) in [7, 11) is 0. The molecule has 1 amide bonds. The van der Waals surface area contributed by atoms with Crippen LogP contribution in [0.5, 0.6) is 0 Å². The summed E-state index contributed by atoms with van der Waals surface area (Å²) in [6.07, 6.45) is 2.98. The fourth-order valence-electron chi connectivity index (χ4n) is 2.81. The van der Waals surface area contributed by atoms with E-state index >= 15 is 0 Å². The fraction of sp³-hybridized carbons (Fsp3) is 0.588. The Kier molecular flexibility index (Phi) is 5.65. The molecule has 0 radical (unpaired) electrons. The molecule has 116 valence electrons. The lowest BCUT2D eigenvalue weighted by molar-refractivity contribution is -0.125. The maximum atomic E-state index is 12.2. The number of amides is 1. The van der Waals surface area contributed by atoms with E-state index < -0.39 is 0 Å². The van der Waals surface area contributed by atoms with Crippen molar-refractivity contribution in [2.75, 3.05) is 19.6 Å². The predicted octanol–water partition coefficient (Wildman–Crippen LogP) is 3.02. The average molecular weight is 309 g/mol. The molecule has 0 aromatic heterocycles. The summed E-state index contributed by atoms with van der Waals surface area (Å²) in [5.74, 6) is 0.307. The second-order valence-corrected chi connectivity index (χ2v) is 7.17. The van der Waals surface area contributed by atoms with Gasteiger partial charge in [0.25, 0.3) is 0 Å². The lowest BCUT2D eigenvalue weighted by atomic mass is 9.85. The van der Waals surface area contributed by atoms with Crippen molar-refractivity contribution in [3.8, 4) is 0 Å². The molecular weight excluding hydrogens is 284 g/mol. The molecule has 3 nitrogen and oxygen atoms in total. The Balaban J connectivity index is 1.84. The van der Waals surface area contributed by atoms with Crippen LogP contribution in [0.1, 0.15) is 32.3 Å². The molecule has 1 heterocycles. The second-order valence-electron chi connectivity index (χ2n) is 6.73. The van der Waals surface area contributed by atoms with Gasteiger partial charge in [0, 0.05) is 18.1 Å². The van der Waals surface area contributed by atoms with Gasteiger partial charge in [-0.25, -0.2) is 0 Å². The van der Waals surface area contributed by atoms with Crippen LogP contribution >= 0.6 is 11.6 Å². The van der Waals surface area contributed by atoms with E-state index in [1.165, 1.54) is 5.56 Å². The van der Waals surface area contributed by atoms with Gasteiger partial charge in [-0.05, 0) is 48.9 Å². The van der Waals surface area contributed by atoms with E-state index in [0.717, 1.165) is 37.4 Å². The summed E-state index contributed by atoms with van der Waals surface area (Å²) in [6.45, 7) is 6.88. The first-order valence-corrected chi connectivity index (χ1v) is 8.07. The highest BCUT2D eigenvalue weighted by atomic mass is 35.5. The zero-order valence-corrected chi connectivity index (χ0v) is 13.7. The van der Waals surface area contributed by atoms with Crippen molar-refractivity contribution >= 4 is 17.5 Å². The largest absolute Gasteiger partial charge is 0.355 e. The van der Waals surface area contributed by atoms with Crippen molar-refractivity contribution in [3.63, 3.8) is 0 Å². The molecule has 21 heavy (non-hydrogen) atoms. The minimum absolute atomic E-state index is 0.0163. The van der Waals surface area contributed by atoms with Crippen molar-refractivity contribution in [2.45, 2.75) is 33.1 Å². The molecule has 1 aromatic rings. The van der Waals surface area contributed by atoms with Gasteiger partial charge in [0.1, 0.15) is 0 Å². The monoisotopic (exact) mass is 308 g/mol. The molecule has 1 aliphatic heterocycles. The summed E-state index contributed by atoms with van der Waals surface area (Å²) < 4.78 is 0. The number of rotatable bonds is 5. The highest BCUT2D eigenvalue weighted by molar-refractivity contribution is 6.30. The van der Waals surface area contributed by atoms with Gasteiger partial charge in [-0.1, -0.05) is 37.6 Å². The molecule has 1 aliphatic rings. The van der Waals surface area contributed by atoms with Gasteiger partial charge in [0.05, 0.1) is 5.92 Å². The number of hydrogen-bond donors (Lipinski definition) is 2. The topological polar surface area (TPSA) is 41.1 Å². The third-order valence-corrected chi connectivity index (χ3v) is 4.22. The Bertz CT molecular complexity index is 481. The lowest BCUT2D eigenvalue weighted by Crippen LogP contribution is -2.43. The van der Waals surface area contributed by atoms with Crippen LogP contribution < -0.4 is 10.6 Å². The van der Waals surface area contributed by atoms with Crippen LogP contribution in [0.4, 0.5) is 0 Å². The molecule has 2 rings (SSSR count). The van der Waals surface area contributed by atoms with E-state index in [1.807, 2.05) is 18.2 Å². The summed E-state index contributed by atoms with van der Waals surface area (Å²) in [4.78, 5) is 12.2. The van der Waals surface area contributed by atoms with Crippen LogP contribution in [0, 0.1) is 11.3 Å². The van der Waals surface area contributed by atoms with E-state index in [0.29, 0.717) is 6.54 Å². The number of nitrogens with one attached hydrogen (secondary N) is 2. The first-order valence-electron chi connectivity index (χ1n) is 7.69. The summed E-state index contributed by atoms with van der Waals surface area (Å²) in [6, 6.07) is 7.94. The van der Waals surface area contributed by atoms with E-state index in [9.17, 15) is 4.79 Å². The first-order chi connectivity index (χ1) is 9.96. The van der Waals surface area contributed by atoms with Crippen molar-refractivity contribution < 1.29 is 4.79 Å². The Morgan fingerprint density at radius 2 is 2.29 bits per heavy atom. The van der Waals surface area contributed by atoms with Gasteiger partial charge < -0.3 is 10.6 Å². The molecule has 1 aromatic carbocycles. The lowest BCUT2D eigenvalue weighted by Gasteiger charge is -2.28. The first kappa shape index (κ1) is 16.3. The zero-order valence-electron chi connectivity index (χ0n) is 12.9. The molecule has 2 N–H and O–H groups in total. The van der Waals surface area contributed by atoms with Crippen LogP contribution in [0.2, 0.25) is 5.02 Å². The van der Waals surface area contributed by atoms with E-state index in [1.54, 1.807) is 0 Å². The molecule has 1 unspecified atom stereocenters. The summed E-state index contributed by atoms with van der Waals surface area (Å²) in [5, 5.41) is 7.16. The second kappa shape index (κ2) is 7.28. The Labute approximate surface area is 132 Å². The zero-order chi connectivity index (χ0) is 15.3. The average Bonchev–Trinajstić information content (AvgIpc) is 2.45. The number of hydrogen-bond acceptors (Lipinski definition) is 2. The Morgan fingerprint density at radius 3 is 2.95 bits per heavy atom. The van der Waals surface area contributed by atoms with Crippen LogP contribution in [0.25, 0.3) is 0 Å².